The van der Waals surface area contributed by atoms with Gasteiger partial charge in [-0.1, -0.05) is 24.3 Å². The van der Waals surface area contributed by atoms with Crippen LogP contribution in [0.1, 0.15) is 22.3 Å². The molecule has 1 amide bonds. The summed E-state index contributed by atoms with van der Waals surface area (Å²) in [6.45, 7) is 1.54. The smallest absolute Gasteiger partial charge is 0.287 e. The number of nitrogens with two attached hydrogens (primary N) is 2. The number of fused-ring (bicyclic) bond motifs is 1. The molecule has 3 aromatic rings. The van der Waals surface area contributed by atoms with Crippen molar-refractivity contribution in [2.24, 2.45) is 11.6 Å². The summed E-state index contributed by atoms with van der Waals surface area (Å²) in [6, 6.07) is 15.6. The summed E-state index contributed by atoms with van der Waals surface area (Å²) in [4.78, 5) is 18.9. The molecule has 2 aromatic carbocycles. The fourth-order valence-electron chi connectivity index (χ4n) is 3.83. The first-order valence-electron chi connectivity index (χ1n) is 10.5. The van der Waals surface area contributed by atoms with E-state index in [0.717, 1.165) is 10.9 Å². The molecular formula is C24H25F2N5O2. The molecule has 1 aromatic heterocycles. The van der Waals surface area contributed by atoms with Crippen LogP contribution in [0.5, 0.6) is 5.88 Å². The second kappa shape index (κ2) is 9.03. The van der Waals surface area contributed by atoms with Gasteiger partial charge in [0, 0.05) is 42.4 Å². The minimum atomic E-state index is -3.10. The number of alkyl halides is 2. The average molecular weight is 453 g/mol. The maximum absolute atomic E-state index is 14.7. The van der Waals surface area contributed by atoms with Crippen molar-refractivity contribution in [1.29, 1.82) is 0 Å². The Hall–Kier alpha value is -3.72. The van der Waals surface area contributed by atoms with Crippen molar-refractivity contribution in [3.63, 3.8) is 0 Å². The summed E-state index contributed by atoms with van der Waals surface area (Å²) in [7, 11) is 0. The summed E-state index contributed by atoms with van der Waals surface area (Å²) < 4.78 is 35.1. The summed E-state index contributed by atoms with van der Waals surface area (Å²) in [5.74, 6) is 2.49. The molecular weight excluding hydrogens is 428 g/mol. The Morgan fingerprint density at radius 3 is 2.82 bits per heavy atom. The zero-order valence-electron chi connectivity index (χ0n) is 18.1. The van der Waals surface area contributed by atoms with Crippen molar-refractivity contribution in [2.75, 3.05) is 18.1 Å². The van der Waals surface area contributed by atoms with Gasteiger partial charge in [0.05, 0.1) is 17.7 Å². The van der Waals surface area contributed by atoms with Crippen LogP contribution < -0.4 is 21.3 Å². The number of hydrogen-bond donors (Lipinski definition) is 2. The summed E-state index contributed by atoms with van der Waals surface area (Å²) in [5.41, 5.74) is 7.83. The van der Waals surface area contributed by atoms with Gasteiger partial charge in [-0.05, 0) is 36.8 Å². The normalized spacial score (nSPS) is 17.9. The van der Waals surface area contributed by atoms with Gasteiger partial charge in [-0.3, -0.25) is 9.80 Å². The number of benzene rings is 2. The summed E-state index contributed by atoms with van der Waals surface area (Å²) in [5, 5.41) is 2.16. The Labute approximate surface area is 190 Å². The number of aryl methyl sites for hydroxylation is 1. The van der Waals surface area contributed by atoms with Crippen molar-refractivity contribution >= 4 is 22.5 Å². The average Bonchev–Trinajstić information content (AvgIpc) is 2.81. The van der Waals surface area contributed by atoms with Gasteiger partial charge in [0.15, 0.2) is 6.10 Å². The third-order valence-corrected chi connectivity index (χ3v) is 5.66. The molecule has 7 nitrogen and oxygen atoms in total. The number of hydrazine groups is 1. The monoisotopic (exact) mass is 453 g/mol. The van der Waals surface area contributed by atoms with Gasteiger partial charge in [0.2, 0.25) is 5.88 Å². The Kier molecular flexibility index (Phi) is 6.15. The molecule has 1 aliphatic rings. The molecule has 172 valence electrons. The number of rotatable bonds is 5. The number of carbonyl (C=O) groups excluding carboxylic acids is 1. The van der Waals surface area contributed by atoms with Crippen LogP contribution in [-0.4, -0.2) is 40.9 Å². The van der Waals surface area contributed by atoms with E-state index in [9.17, 15) is 13.6 Å². The summed E-state index contributed by atoms with van der Waals surface area (Å²) >= 11 is 0. The first-order chi connectivity index (χ1) is 15.8. The number of para-hydroxylation sites is 1. The molecule has 1 saturated heterocycles. The number of likely N-dealkylation sites (tertiary alicyclic amines) is 1. The van der Waals surface area contributed by atoms with E-state index in [0.29, 0.717) is 16.8 Å². The van der Waals surface area contributed by atoms with Crippen LogP contribution in [0.25, 0.3) is 10.9 Å². The van der Waals surface area contributed by atoms with Crippen LogP contribution >= 0.6 is 0 Å². The predicted octanol–water partition coefficient (Wildman–Crippen LogP) is 3.58. The molecule has 4 rings (SSSR count). The largest absolute Gasteiger partial charge is 0.466 e. The van der Waals surface area contributed by atoms with Crippen molar-refractivity contribution < 1.29 is 18.3 Å². The van der Waals surface area contributed by atoms with Crippen LogP contribution in [-0.2, 0) is 0 Å². The summed E-state index contributed by atoms with van der Waals surface area (Å²) in [6.07, 6.45) is 0.686. The van der Waals surface area contributed by atoms with E-state index < -0.39 is 18.4 Å². The molecule has 1 aliphatic heterocycles. The van der Waals surface area contributed by atoms with Gasteiger partial charge in [0.1, 0.15) is 0 Å². The Balaban J connectivity index is 1.54. The number of hydrogen-bond acceptors (Lipinski definition) is 6. The Bertz CT molecular complexity index is 1200. The van der Waals surface area contributed by atoms with Crippen LogP contribution in [0.4, 0.5) is 14.5 Å². The molecule has 2 heterocycles. The van der Waals surface area contributed by atoms with Gasteiger partial charge in [-0.25, -0.2) is 19.6 Å². The van der Waals surface area contributed by atoms with E-state index in [2.05, 4.69) is 4.98 Å². The lowest BCUT2D eigenvalue weighted by Crippen LogP contribution is -2.55. The minimum Gasteiger partial charge on any atom is -0.466 e. The van der Waals surface area contributed by atoms with Crippen molar-refractivity contribution in [3.05, 3.63) is 78.1 Å². The van der Waals surface area contributed by atoms with E-state index in [4.69, 9.17) is 16.3 Å². The lowest BCUT2D eigenvalue weighted by molar-refractivity contribution is -0.131. The topological polar surface area (TPSA) is 97.7 Å². The molecule has 0 spiro atoms. The van der Waals surface area contributed by atoms with E-state index >= 15 is 0 Å². The first kappa shape index (κ1) is 22.5. The third-order valence-electron chi connectivity index (χ3n) is 5.66. The van der Waals surface area contributed by atoms with Crippen LogP contribution in [0.15, 0.2) is 67.0 Å². The number of nitrogens with zero attached hydrogens (tertiary/aromatic N) is 3. The first-order valence-corrected chi connectivity index (χ1v) is 10.5. The number of ether oxygens (including phenoxy) is 1. The number of pyridine rings is 1. The molecule has 33 heavy (non-hydrogen) atoms. The molecule has 9 heteroatoms. The molecule has 1 unspecified atom stereocenters. The lowest BCUT2D eigenvalue weighted by Gasteiger charge is -2.38. The molecule has 0 radical (unpaired) electrons. The van der Waals surface area contributed by atoms with Crippen LogP contribution in [0.3, 0.4) is 0 Å². The molecule has 1 fully saturated rings. The van der Waals surface area contributed by atoms with Gasteiger partial charge < -0.3 is 15.4 Å². The van der Waals surface area contributed by atoms with Crippen molar-refractivity contribution in [2.45, 2.75) is 25.4 Å². The molecule has 1 atom stereocenters. The zero-order valence-corrected chi connectivity index (χ0v) is 18.1. The second-order valence-electron chi connectivity index (χ2n) is 7.96. The van der Waals surface area contributed by atoms with Gasteiger partial charge in [-0.2, -0.15) is 0 Å². The molecule has 0 bridgehead atoms. The maximum atomic E-state index is 14.7. The number of piperidine rings is 1. The number of aromatic nitrogens is 1. The Morgan fingerprint density at radius 2 is 2.03 bits per heavy atom. The van der Waals surface area contributed by atoms with E-state index in [1.165, 1.54) is 22.3 Å². The quantitative estimate of drug-likeness (QED) is 0.453. The zero-order chi connectivity index (χ0) is 23.6. The van der Waals surface area contributed by atoms with Gasteiger partial charge in [-0.15, -0.1) is 0 Å². The maximum Gasteiger partial charge on any atom is 0.287 e. The number of halogens is 2. The van der Waals surface area contributed by atoms with Crippen molar-refractivity contribution in [3.8, 4) is 5.88 Å². The SMILES string of the molecule is Cc1cccc2ccc(OC3CN(C(=O)c4cccc(N(N)/C=C\N)c4)CCC3(F)F)nc12. The fraction of sp³-hybridized carbons (Fsp3) is 0.250. The second-order valence-corrected chi connectivity index (χ2v) is 7.96. The number of carbonyl (C=O) groups is 1. The standard InChI is InChI=1S/C24H25F2N5O2/c1-16-4-2-5-17-8-9-21(29-22(16)17)33-20-15-30(12-10-24(20,25)26)23(32)18-6-3-7-19(14-18)31(28)13-11-27/h2-9,11,13-14,20H,10,12,15,27-28H2,1H3/b13-11-. The van der Waals surface area contributed by atoms with Gasteiger partial charge >= 0.3 is 0 Å². The van der Waals surface area contributed by atoms with E-state index in [-0.39, 0.29) is 24.9 Å². The number of anilines is 1. The Morgan fingerprint density at radius 1 is 1.24 bits per heavy atom. The van der Waals surface area contributed by atoms with Gasteiger partial charge in [0.25, 0.3) is 11.8 Å². The number of amides is 1. The van der Waals surface area contributed by atoms with E-state index in [1.807, 2.05) is 25.1 Å². The highest BCUT2D eigenvalue weighted by Crippen LogP contribution is 2.33. The highest BCUT2D eigenvalue weighted by molar-refractivity contribution is 5.95. The van der Waals surface area contributed by atoms with E-state index in [1.54, 1.807) is 36.4 Å². The molecule has 4 N–H and O–H groups in total. The van der Waals surface area contributed by atoms with Crippen LogP contribution in [0, 0.1) is 6.92 Å². The molecule has 0 saturated carbocycles. The lowest BCUT2D eigenvalue weighted by atomic mass is 10.0. The van der Waals surface area contributed by atoms with Crippen molar-refractivity contribution in [1.82, 2.24) is 9.88 Å². The fourth-order valence-corrected chi connectivity index (χ4v) is 3.83. The van der Waals surface area contributed by atoms with Crippen LogP contribution in [0.2, 0.25) is 0 Å². The highest BCUT2D eigenvalue weighted by Gasteiger charge is 2.47. The highest BCUT2D eigenvalue weighted by atomic mass is 19.3. The predicted molar refractivity (Wildman–Crippen MR) is 123 cm³/mol. The molecule has 0 aliphatic carbocycles. The minimum absolute atomic E-state index is 0.0881. The third kappa shape index (κ3) is 4.73.